The van der Waals surface area contributed by atoms with E-state index in [4.69, 9.17) is 0 Å². The number of nitrogens with zero attached hydrogens (tertiary/aromatic N) is 1. The number of benzene rings is 1. The first kappa shape index (κ1) is 10.7. The summed E-state index contributed by atoms with van der Waals surface area (Å²) < 4.78 is 0. The Bertz CT molecular complexity index is 296. The van der Waals surface area contributed by atoms with Gasteiger partial charge in [-0.25, -0.2) is 0 Å². The number of hydrogen-bond donors (Lipinski definition) is 0. The van der Waals surface area contributed by atoms with Gasteiger partial charge in [-0.1, -0.05) is 30.3 Å². The molecule has 1 heterocycles. The quantitative estimate of drug-likeness (QED) is 0.709. The van der Waals surface area contributed by atoms with E-state index in [2.05, 4.69) is 56.0 Å². The van der Waals surface area contributed by atoms with Crippen molar-refractivity contribution in [1.82, 2.24) is 4.90 Å². The van der Waals surface area contributed by atoms with Crippen molar-refractivity contribution in [1.29, 1.82) is 0 Å². The number of hydrogen-bond acceptors (Lipinski definition) is 1. The molecule has 0 amide bonds. The fourth-order valence-electron chi connectivity index (χ4n) is 2.88. The molecule has 0 spiro atoms. The summed E-state index contributed by atoms with van der Waals surface area (Å²) in [6.45, 7) is 7.03. The van der Waals surface area contributed by atoms with Crippen molar-refractivity contribution in [3.8, 4) is 0 Å². The first-order valence-corrected chi connectivity index (χ1v) is 6.02. The molecule has 1 nitrogen and oxygen atoms in total. The van der Waals surface area contributed by atoms with Crippen molar-refractivity contribution < 1.29 is 0 Å². The highest BCUT2D eigenvalue weighted by molar-refractivity contribution is 5.19. The molecule has 1 fully saturated rings. The standard InChI is InChI=1S/C14H21N/c1-11-9-10-12(2)15(11)13(3)14-7-5-4-6-8-14/h4-8,11-13H,9-10H2,1-3H3/t11-,12+,13?. The van der Waals surface area contributed by atoms with Crippen molar-refractivity contribution in [3.05, 3.63) is 35.9 Å². The normalized spacial score (nSPS) is 29.3. The van der Waals surface area contributed by atoms with Gasteiger partial charge in [0, 0.05) is 18.1 Å². The van der Waals surface area contributed by atoms with Crippen LogP contribution in [-0.4, -0.2) is 17.0 Å². The Labute approximate surface area is 93.1 Å². The van der Waals surface area contributed by atoms with E-state index < -0.39 is 0 Å². The Balaban J connectivity index is 2.17. The highest BCUT2D eigenvalue weighted by atomic mass is 15.2. The van der Waals surface area contributed by atoms with Crippen molar-refractivity contribution >= 4 is 0 Å². The van der Waals surface area contributed by atoms with E-state index in [1.807, 2.05) is 0 Å². The van der Waals surface area contributed by atoms with Crippen LogP contribution in [0.25, 0.3) is 0 Å². The SMILES string of the molecule is CC(c1ccccc1)N1[C@H](C)CC[C@@H]1C. The molecule has 0 bridgehead atoms. The first-order valence-electron chi connectivity index (χ1n) is 6.02. The van der Waals surface area contributed by atoms with Crippen LogP contribution in [0.1, 0.15) is 45.2 Å². The fraction of sp³-hybridized carbons (Fsp3) is 0.571. The summed E-state index contributed by atoms with van der Waals surface area (Å²) in [5.74, 6) is 0. The monoisotopic (exact) mass is 203 g/mol. The molecule has 82 valence electrons. The summed E-state index contributed by atoms with van der Waals surface area (Å²) in [5.41, 5.74) is 1.44. The topological polar surface area (TPSA) is 3.24 Å². The van der Waals surface area contributed by atoms with E-state index in [1.54, 1.807) is 0 Å². The zero-order valence-corrected chi connectivity index (χ0v) is 9.98. The minimum absolute atomic E-state index is 0.554. The van der Waals surface area contributed by atoms with Gasteiger partial charge >= 0.3 is 0 Å². The van der Waals surface area contributed by atoms with Crippen LogP contribution in [0.4, 0.5) is 0 Å². The highest BCUT2D eigenvalue weighted by Crippen LogP contribution is 2.32. The van der Waals surface area contributed by atoms with Crippen molar-refractivity contribution in [2.24, 2.45) is 0 Å². The first-order chi connectivity index (χ1) is 7.20. The van der Waals surface area contributed by atoms with Gasteiger partial charge in [-0.05, 0) is 39.2 Å². The largest absolute Gasteiger partial charge is 0.291 e. The van der Waals surface area contributed by atoms with Gasteiger partial charge in [-0.3, -0.25) is 4.90 Å². The summed E-state index contributed by atoms with van der Waals surface area (Å²) >= 11 is 0. The molecule has 3 atom stereocenters. The van der Waals surface area contributed by atoms with Crippen LogP contribution in [0.15, 0.2) is 30.3 Å². The second-order valence-electron chi connectivity index (χ2n) is 4.81. The molecule has 1 unspecified atom stereocenters. The maximum atomic E-state index is 2.65. The second kappa shape index (κ2) is 4.36. The summed E-state index contributed by atoms with van der Waals surface area (Å²) in [6.07, 6.45) is 2.69. The molecule has 15 heavy (non-hydrogen) atoms. The van der Waals surface area contributed by atoms with Gasteiger partial charge in [0.1, 0.15) is 0 Å². The van der Waals surface area contributed by atoms with E-state index >= 15 is 0 Å². The lowest BCUT2D eigenvalue weighted by atomic mass is 10.1. The molecule has 0 saturated carbocycles. The molecule has 0 aliphatic carbocycles. The third kappa shape index (κ3) is 2.07. The Kier molecular flexibility index (Phi) is 3.11. The highest BCUT2D eigenvalue weighted by Gasteiger charge is 2.31. The molecular formula is C14H21N. The lowest BCUT2D eigenvalue weighted by molar-refractivity contribution is 0.156. The van der Waals surface area contributed by atoms with Gasteiger partial charge in [-0.2, -0.15) is 0 Å². The lowest BCUT2D eigenvalue weighted by Gasteiger charge is -2.32. The molecular weight excluding hydrogens is 182 g/mol. The van der Waals surface area contributed by atoms with Gasteiger partial charge in [-0.15, -0.1) is 0 Å². The maximum absolute atomic E-state index is 2.65. The van der Waals surface area contributed by atoms with E-state index in [-0.39, 0.29) is 0 Å². The maximum Gasteiger partial charge on any atom is 0.0325 e. The Morgan fingerprint density at radius 2 is 1.60 bits per heavy atom. The average Bonchev–Trinajstić information content (AvgIpc) is 2.59. The van der Waals surface area contributed by atoms with Crippen LogP contribution in [-0.2, 0) is 0 Å². The van der Waals surface area contributed by atoms with Gasteiger partial charge < -0.3 is 0 Å². The van der Waals surface area contributed by atoms with Crippen LogP contribution in [0.2, 0.25) is 0 Å². The molecule has 1 aromatic rings. The van der Waals surface area contributed by atoms with Crippen LogP contribution < -0.4 is 0 Å². The lowest BCUT2D eigenvalue weighted by Crippen LogP contribution is -2.35. The Hall–Kier alpha value is -0.820. The molecule has 0 radical (unpaired) electrons. The zero-order chi connectivity index (χ0) is 10.8. The van der Waals surface area contributed by atoms with Crippen LogP contribution in [0.5, 0.6) is 0 Å². The van der Waals surface area contributed by atoms with Gasteiger partial charge in [0.2, 0.25) is 0 Å². The third-order valence-corrected chi connectivity index (χ3v) is 3.75. The van der Waals surface area contributed by atoms with Crippen LogP contribution in [0.3, 0.4) is 0 Å². The van der Waals surface area contributed by atoms with Gasteiger partial charge in [0.05, 0.1) is 0 Å². The Morgan fingerprint density at radius 3 is 2.13 bits per heavy atom. The third-order valence-electron chi connectivity index (χ3n) is 3.75. The molecule has 1 aliphatic heterocycles. The van der Waals surface area contributed by atoms with Crippen molar-refractivity contribution in [2.75, 3.05) is 0 Å². The minimum Gasteiger partial charge on any atom is -0.291 e. The second-order valence-corrected chi connectivity index (χ2v) is 4.81. The fourth-order valence-corrected chi connectivity index (χ4v) is 2.88. The summed E-state index contributed by atoms with van der Waals surface area (Å²) in [6, 6.07) is 12.9. The summed E-state index contributed by atoms with van der Waals surface area (Å²) in [5, 5.41) is 0. The summed E-state index contributed by atoms with van der Waals surface area (Å²) in [4.78, 5) is 2.65. The van der Waals surface area contributed by atoms with E-state index in [9.17, 15) is 0 Å². The van der Waals surface area contributed by atoms with E-state index in [0.717, 1.165) is 12.1 Å². The number of likely N-dealkylation sites (tertiary alicyclic amines) is 1. The molecule has 1 aromatic carbocycles. The smallest absolute Gasteiger partial charge is 0.0325 e. The van der Waals surface area contributed by atoms with Crippen LogP contribution in [0, 0.1) is 0 Å². The van der Waals surface area contributed by atoms with Crippen molar-refractivity contribution in [2.45, 2.75) is 51.7 Å². The van der Waals surface area contributed by atoms with E-state index in [0.29, 0.717) is 6.04 Å². The molecule has 1 heteroatoms. The minimum atomic E-state index is 0.554. The van der Waals surface area contributed by atoms with Gasteiger partial charge in [0.25, 0.3) is 0 Å². The molecule has 1 aliphatic rings. The average molecular weight is 203 g/mol. The van der Waals surface area contributed by atoms with Crippen molar-refractivity contribution in [3.63, 3.8) is 0 Å². The molecule has 1 saturated heterocycles. The Morgan fingerprint density at radius 1 is 1.07 bits per heavy atom. The number of rotatable bonds is 2. The molecule has 2 rings (SSSR count). The van der Waals surface area contributed by atoms with Gasteiger partial charge in [0.15, 0.2) is 0 Å². The zero-order valence-electron chi connectivity index (χ0n) is 9.98. The van der Waals surface area contributed by atoms with Crippen LogP contribution >= 0.6 is 0 Å². The predicted molar refractivity (Wildman–Crippen MR) is 64.9 cm³/mol. The van der Waals surface area contributed by atoms with E-state index in [1.165, 1.54) is 18.4 Å². The predicted octanol–water partition coefficient (Wildman–Crippen LogP) is 3.62. The molecule has 0 aromatic heterocycles. The summed E-state index contributed by atoms with van der Waals surface area (Å²) in [7, 11) is 0. The molecule has 0 N–H and O–H groups in total.